The summed E-state index contributed by atoms with van der Waals surface area (Å²) in [6.45, 7) is 0. The van der Waals surface area contributed by atoms with Crippen LogP contribution in [-0.2, 0) is 12.7 Å². The van der Waals surface area contributed by atoms with Gasteiger partial charge in [0.25, 0.3) is 0 Å². The molecular formula is C3H2ClIO3. The van der Waals surface area contributed by atoms with Crippen LogP contribution in [-0.4, -0.2) is 11.2 Å². The van der Waals surface area contributed by atoms with E-state index in [1.807, 2.05) is 0 Å². The summed E-state index contributed by atoms with van der Waals surface area (Å²) in [5, 5.41) is -0.702. The Morgan fingerprint density at radius 2 is 2.12 bits per heavy atom. The highest BCUT2D eigenvalue weighted by atomic mass is 127. The number of hydrogen-bond acceptors (Lipinski definition) is 3. The summed E-state index contributed by atoms with van der Waals surface area (Å²) in [7, 11) is 0. The second kappa shape index (κ2) is 4.08. The third-order valence-electron chi connectivity index (χ3n) is 0.369. The first kappa shape index (κ1) is 8.16. The Morgan fingerprint density at radius 3 is 2.25 bits per heavy atom. The van der Waals surface area contributed by atoms with E-state index in [9.17, 15) is 9.59 Å². The van der Waals surface area contributed by atoms with Crippen molar-refractivity contribution >= 4 is 45.8 Å². The topological polar surface area (TPSA) is 43.4 Å². The smallest absolute Gasteiger partial charge is 0.324 e. The molecule has 0 unspecified atom stereocenters. The molecule has 0 aromatic rings. The Kier molecular flexibility index (Phi) is 4.16. The maximum Gasteiger partial charge on any atom is 0.324 e. The molecule has 0 bridgehead atoms. The molecule has 0 rings (SSSR count). The third kappa shape index (κ3) is 4.32. The van der Waals surface area contributed by atoms with Crippen molar-refractivity contribution in [2.45, 2.75) is 6.42 Å². The van der Waals surface area contributed by atoms with Crippen molar-refractivity contribution in [2.75, 3.05) is 0 Å². The molecule has 0 aliphatic heterocycles. The molecule has 46 valence electrons. The fourth-order valence-corrected chi connectivity index (χ4v) is 0.406. The molecule has 0 N–H and O–H groups in total. The van der Waals surface area contributed by atoms with Gasteiger partial charge in [-0.05, 0) is 11.6 Å². The van der Waals surface area contributed by atoms with Crippen molar-refractivity contribution in [3.8, 4) is 0 Å². The van der Waals surface area contributed by atoms with Crippen molar-refractivity contribution in [3.05, 3.63) is 0 Å². The highest BCUT2D eigenvalue weighted by Gasteiger charge is 2.05. The summed E-state index contributed by atoms with van der Waals surface area (Å²) >= 11 is 6.19. The van der Waals surface area contributed by atoms with Gasteiger partial charge in [0.05, 0.1) is 0 Å². The molecule has 0 heterocycles. The van der Waals surface area contributed by atoms with Gasteiger partial charge in [0.1, 0.15) is 6.42 Å². The summed E-state index contributed by atoms with van der Waals surface area (Å²) in [6.07, 6.45) is -0.357. The molecule has 0 aromatic heterocycles. The lowest BCUT2D eigenvalue weighted by Crippen LogP contribution is -2.00. The summed E-state index contributed by atoms with van der Waals surface area (Å²) in [5.74, 6) is -0.620. The summed E-state index contributed by atoms with van der Waals surface area (Å²) < 4.78 is 4.09. The van der Waals surface area contributed by atoms with Crippen LogP contribution in [0.25, 0.3) is 0 Å². The Labute approximate surface area is 65.0 Å². The van der Waals surface area contributed by atoms with Crippen molar-refractivity contribution in [2.24, 2.45) is 0 Å². The molecule has 0 aromatic carbocycles. The maximum atomic E-state index is 10.1. The lowest BCUT2D eigenvalue weighted by Gasteiger charge is -1.86. The quantitative estimate of drug-likeness (QED) is 0.416. The average molecular weight is 248 g/mol. The van der Waals surface area contributed by atoms with Gasteiger partial charge in [-0.3, -0.25) is 9.59 Å². The molecular weight excluding hydrogens is 246 g/mol. The molecule has 3 nitrogen and oxygen atoms in total. The van der Waals surface area contributed by atoms with Crippen molar-refractivity contribution in [1.29, 1.82) is 0 Å². The van der Waals surface area contributed by atoms with Crippen LogP contribution in [0.2, 0.25) is 0 Å². The maximum absolute atomic E-state index is 10.1. The van der Waals surface area contributed by atoms with Gasteiger partial charge in [0, 0.05) is 0 Å². The van der Waals surface area contributed by atoms with Crippen LogP contribution < -0.4 is 0 Å². The van der Waals surface area contributed by atoms with E-state index < -0.39 is 11.2 Å². The van der Waals surface area contributed by atoms with E-state index in [1.54, 1.807) is 0 Å². The molecule has 0 aliphatic carbocycles. The highest BCUT2D eigenvalue weighted by molar-refractivity contribution is 14.1. The molecule has 8 heavy (non-hydrogen) atoms. The van der Waals surface area contributed by atoms with E-state index in [2.05, 4.69) is 3.07 Å². The monoisotopic (exact) mass is 248 g/mol. The Balaban J connectivity index is 3.40. The van der Waals surface area contributed by atoms with Gasteiger partial charge >= 0.3 is 5.97 Å². The van der Waals surface area contributed by atoms with Gasteiger partial charge in [-0.15, -0.1) is 0 Å². The summed E-state index contributed by atoms with van der Waals surface area (Å²) in [4.78, 5) is 20.0. The average Bonchev–Trinajstić information content (AvgIpc) is 1.65. The van der Waals surface area contributed by atoms with Crippen LogP contribution in [0, 0.1) is 0 Å². The largest absolute Gasteiger partial charge is 0.394 e. The number of rotatable bonds is 2. The molecule has 5 heteroatoms. The highest BCUT2D eigenvalue weighted by Crippen LogP contribution is 1.95. The van der Waals surface area contributed by atoms with Crippen molar-refractivity contribution in [3.63, 3.8) is 0 Å². The van der Waals surface area contributed by atoms with Crippen LogP contribution in [0.3, 0.4) is 0 Å². The summed E-state index contributed by atoms with van der Waals surface area (Å²) in [5.41, 5.74) is 0. The lowest BCUT2D eigenvalue weighted by molar-refractivity contribution is -0.133. The number of halogens is 2. The minimum atomic E-state index is -0.702. The fraction of sp³-hybridized carbons (Fsp3) is 0.333. The summed E-state index contributed by atoms with van der Waals surface area (Å²) in [6, 6.07) is 0. The van der Waals surface area contributed by atoms with E-state index in [4.69, 9.17) is 11.6 Å². The van der Waals surface area contributed by atoms with Crippen LogP contribution in [0.15, 0.2) is 0 Å². The third-order valence-corrected chi connectivity index (χ3v) is 0.994. The van der Waals surface area contributed by atoms with E-state index in [-0.39, 0.29) is 6.42 Å². The SMILES string of the molecule is O=C(Cl)CC(=O)OI. The van der Waals surface area contributed by atoms with Crippen LogP contribution in [0.5, 0.6) is 0 Å². The molecule has 0 fully saturated rings. The van der Waals surface area contributed by atoms with Gasteiger partial charge in [-0.1, -0.05) is 0 Å². The van der Waals surface area contributed by atoms with Gasteiger partial charge in [0.15, 0.2) is 23.0 Å². The number of hydrogen-bond donors (Lipinski definition) is 0. The second-order valence-corrected chi connectivity index (χ2v) is 1.84. The molecule has 0 amide bonds. The lowest BCUT2D eigenvalue weighted by atomic mass is 10.5. The van der Waals surface area contributed by atoms with E-state index in [0.717, 1.165) is 0 Å². The zero-order valence-electron chi connectivity index (χ0n) is 3.69. The Morgan fingerprint density at radius 1 is 1.62 bits per heavy atom. The van der Waals surface area contributed by atoms with E-state index in [0.29, 0.717) is 0 Å². The van der Waals surface area contributed by atoms with Crippen molar-refractivity contribution in [1.82, 2.24) is 0 Å². The first-order chi connectivity index (χ1) is 3.66. The van der Waals surface area contributed by atoms with Gasteiger partial charge < -0.3 is 3.07 Å². The first-order valence-electron chi connectivity index (χ1n) is 1.66. The predicted octanol–water partition coefficient (Wildman–Crippen LogP) is 1.04. The molecule has 0 spiro atoms. The number of carbonyl (C=O) groups is 2. The van der Waals surface area contributed by atoms with Crippen LogP contribution in [0.4, 0.5) is 0 Å². The van der Waals surface area contributed by atoms with Gasteiger partial charge in [-0.25, -0.2) is 0 Å². The van der Waals surface area contributed by atoms with E-state index >= 15 is 0 Å². The molecule has 0 aliphatic rings. The minimum Gasteiger partial charge on any atom is -0.394 e. The first-order valence-corrected chi connectivity index (χ1v) is 2.92. The zero-order valence-corrected chi connectivity index (χ0v) is 6.60. The van der Waals surface area contributed by atoms with Crippen LogP contribution >= 0.6 is 34.6 Å². The second-order valence-electron chi connectivity index (χ2n) is 0.981. The molecule has 0 saturated heterocycles. The molecule has 0 atom stereocenters. The Hall–Kier alpha value is 0.160. The molecule has 0 saturated carbocycles. The fourth-order valence-electron chi connectivity index (χ4n) is 0.141. The van der Waals surface area contributed by atoms with Gasteiger partial charge in [0.2, 0.25) is 5.24 Å². The minimum absolute atomic E-state index is 0.357. The number of carbonyl (C=O) groups excluding carboxylic acids is 2. The molecule has 0 radical (unpaired) electrons. The standard InChI is InChI=1S/C3H2ClIO3/c4-2(6)1-3(7)8-5/h1H2. The van der Waals surface area contributed by atoms with Gasteiger partial charge in [-0.2, -0.15) is 0 Å². The van der Waals surface area contributed by atoms with Crippen molar-refractivity contribution < 1.29 is 12.7 Å². The Bertz CT molecular complexity index is 113. The van der Waals surface area contributed by atoms with Crippen LogP contribution in [0.1, 0.15) is 6.42 Å². The zero-order chi connectivity index (χ0) is 6.57. The normalized spacial score (nSPS) is 8.25. The van der Waals surface area contributed by atoms with E-state index in [1.165, 1.54) is 23.0 Å². The predicted molar refractivity (Wildman–Crippen MR) is 35.6 cm³/mol.